The zero-order chi connectivity index (χ0) is 13.9. The first-order valence-electron chi connectivity index (χ1n) is 5.67. The molecule has 0 unspecified atom stereocenters. The summed E-state index contributed by atoms with van der Waals surface area (Å²) in [6.07, 6.45) is 0. The molecule has 102 valence electrons. The van der Waals surface area contributed by atoms with Crippen molar-refractivity contribution in [2.75, 3.05) is 0 Å². The second-order valence-corrected chi connectivity index (χ2v) is 5.72. The lowest BCUT2D eigenvalue weighted by atomic mass is 10.3. The number of halogens is 2. The summed E-state index contributed by atoms with van der Waals surface area (Å²) in [5, 5.41) is 5.72. The van der Waals surface area contributed by atoms with E-state index in [-0.39, 0.29) is 12.4 Å². The van der Waals surface area contributed by atoms with E-state index in [0.29, 0.717) is 16.2 Å². The monoisotopic (exact) mass is 354 g/mol. The number of hydrogen-bond acceptors (Lipinski definition) is 5. The molecule has 0 N–H and O–H groups in total. The van der Waals surface area contributed by atoms with Crippen LogP contribution in [0.4, 0.5) is 4.39 Å². The summed E-state index contributed by atoms with van der Waals surface area (Å²) in [5.41, 5.74) is 0. The highest BCUT2D eigenvalue weighted by Gasteiger charge is 2.11. The van der Waals surface area contributed by atoms with Crippen LogP contribution in [0.15, 0.2) is 44.7 Å². The molecule has 0 spiro atoms. The normalized spacial score (nSPS) is 10.7. The molecule has 3 aromatic rings. The van der Waals surface area contributed by atoms with E-state index in [0.717, 1.165) is 4.88 Å². The highest BCUT2D eigenvalue weighted by Crippen LogP contribution is 2.24. The molecule has 7 heteroatoms. The Morgan fingerprint density at radius 3 is 3.00 bits per heavy atom. The van der Waals surface area contributed by atoms with Gasteiger partial charge in [0.15, 0.2) is 18.2 Å². The van der Waals surface area contributed by atoms with Crippen molar-refractivity contribution >= 4 is 27.3 Å². The lowest BCUT2D eigenvalue weighted by Gasteiger charge is -2.04. The van der Waals surface area contributed by atoms with Crippen molar-refractivity contribution in [3.8, 4) is 16.5 Å². The Balaban J connectivity index is 1.70. The molecule has 0 saturated carbocycles. The molecule has 0 amide bonds. The molecule has 0 saturated heterocycles. The summed E-state index contributed by atoms with van der Waals surface area (Å²) in [5.74, 6) is 0.516. The minimum Gasteiger partial charge on any atom is -0.482 e. The van der Waals surface area contributed by atoms with Crippen molar-refractivity contribution in [1.82, 2.24) is 10.1 Å². The molecule has 0 aliphatic rings. The third kappa shape index (κ3) is 2.88. The third-order valence-corrected chi connectivity index (χ3v) is 3.80. The summed E-state index contributed by atoms with van der Waals surface area (Å²) in [6.45, 7) is 0.0490. The molecule has 0 aliphatic heterocycles. The van der Waals surface area contributed by atoms with Crippen LogP contribution in [0.25, 0.3) is 10.8 Å². The number of hydrogen-bond donors (Lipinski definition) is 0. The van der Waals surface area contributed by atoms with Gasteiger partial charge in [0.1, 0.15) is 0 Å². The Labute approximate surface area is 126 Å². The lowest BCUT2D eigenvalue weighted by molar-refractivity contribution is 0.273. The maximum atomic E-state index is 13.6. The van der Waals surface area contributed by atoms with Gasteiger partial charge in [-0.05, 0) is 29.6 Å². The van der Waals surface area contributed by atoms with Crippen LogP contribution in [0.2, 0.25) is 0 Å². The van der Waals surface area contributed by atoms with Crippen molar-refractivity contribution in [3.05, 3.63) is 51.8 Å². The van der Waals surface area contributed by atoms with Gasteiger partial charge < -0.3 is 9.26 Å². The van der Waals surface area contributed by atoms with E-state index in [1.54, 1.807) is 12.1 Å². The van der Waals surface area contributed by atoms with Crippen LogP contribution < -0.4 is 4.74 Å². The van der Waals surface area contributed by atoms with Crippen molar-refractivity contribution in [2.24, 2.45) is 0 Å². The van der Waals surface area contributed by atoms with E-state index in [1.807, 2.05) is 17.5 Å². The predicted molar refractivity (Wildman–Crippen MR) is 76.0 cm³/mol. The summed E-state index contributed by atoms with van der Waals surface area (Å²) < 4.78 is 24.7. The summed E-state index contributed by atoms with van der Waals surface area (Å²) in [6, 6.07) is 8.36. The van der Waals surface area contributed by atoms with Crippen molar-refractivity contribution in [1.29, 1.82) is 0 Å². The minimum absolute atomic E-state index is 0.0490. The van der Waals surface area contributed by atoms with E-state index >= 15 is 0 Å². The number of nitrogens with zero attached hydrogens (tertiary/aromatic N) is 2. The van der Waals surface area contributed by atoms with Gasteiger partial charge in [-0.1, -0.05) is 27.2 Å². The Bertz CT molecular complexity index is 715. The number of rotatable bonds is 4. The van der Waals surface area contributed by atoms with Crippen LogP contribution in [0.1, 0.15) is 5.82 Å². The number of benzene rings is 1. The van der Waals surface area contributed by atoms with Crippen LogP contribution in [0, 0.1) is 5.82 Å². The molecule has 2 heterocycles. The Morgan fingerprint density at radius 1 is 1.35 bits per heavy atom. The van der Waals surface area contributed by atoms with Gasteiger partial charge in [-0.15, -0.1) is 11.3 Å². The van der Waals surface area contributed by atoms with Crippen molar-refractivity contribution in [2.45, 2.75) is 6.61 Å². The largest absolute Gasteiger partial charge is 0.482 e. The quantitative estimate of drug-likeness (QED) is 0.701. The maximum absolute atomic E-state index is 13.6. The van der Waals surface area contributed by atoms with Crippen LogP contribution in [-0.2, 0) is 6.61 Å². The summed E-state index contributed by atoms with van der Waals surface area (Å²) >= 11 is 4.69. The molecule has 2 aromatic heterocycles. The topological polar surface area (TPSA) is 48.2 Å². The fraction of sp³-hybridized carbons (Fsp3) is 0.0769. The molecule has 0 fully saturated rings. The SMILES string of the molecule is Fc1cc(Br)ccc1OCc1noc(-c2cccs2)n1. The van der Waals surface area contributed by atoms with Crippen LogP contribution in [-0.4, -0.2) is 10.1 Å². The Kier molecular flexibility index (Phi) is 3.79. The van der Waals surface area contributed by atoms with Gasteiger partial charge in [0, 0.05) is 4.47 Å². The van der Waals surface area contributed by atoms with Crippen LogP contribution >= 0.6 is 27.3 Å². The fourth-order valence-corrected chi connectivity index (χ4v) is 2.53. The molecular weight excluding hydrogens is 347 g/mol. The second-order valence-electron chi connectivity index (χ2n) is 3.86. The molecule has 0 radical (unpaired) electrons. The van der Waals surface area contributed by atoms with Crippen LogP contribution in [0.5, 0.6) is 5.75 Å². The highest BCUT2D eigenvalue weighted by atomic mass is 79.9. The molecular formula is C13H8BrFN2O2S. The molecule has 4 nitrogen and oxygen atoms in total. The fourth-order valence-electron chi connectivity index (χ4n) is 1.55. The van der Waals surface area contributed by atoms with E-state index in [4.69, 9.17) is 9.26 Å². The van der Waals surface area contributed by atoms with Crippen molar-refractivity contribution in [3.63, 3.8) is 0 Å². The minimum atomic E-state index is -0.443. The van der Waals surface area contributed by atoms with E-state index < -0.39 is 5.82 Å². The second kappa shape index (κ2) is 5.72. The van der Waals surface area contributed by atoms with Gasteiger partial charge in [-0.2, -0.15) is 4.98 Å². The Hall–Kier alpha value is -1.73. The van der Waals surface area contributed by atoms with E-state index in [1.165, 1.54) is 17.4 Å². The molecule has 3 rings (SSSR count). The number of thiophene rings is 1. The maximum Gasteiger partial charge on any atom is 0.268 e. The van der Waals surface area contributed by atoms with Gasteiger partial charge in [0.25, 0.3) is 5.89 Å². The van der Waals surface area contributed by atoms with Gasteiger partial charge in [0.05, 0.1) is 4.88 Å². The first-order chi connectivity index (χ1) is 9.72. The van der Waals surface area contributed by atoms with E-state index in [2.05, 4.69) is 26.1 Å². The smallest absolute Gasteiger partial charge is 0.268 e. The van der Waals surface area contributed by atoms with Gasteiger partial charge in [-0.3, -0.25) is 0 Å². The molecule has 0 aliphatic carbocycles. The van der Waals surface area contributed by atoms with Crippen LogP contribution in [0.3, 0.4) is 0 Å². The summed E-state index contributed by atoms with van der Waals surface area (Å²) in [7, 11) is 0. The molecule has 0 atom stereocenters. The standard InChI is InChI=1S/C13H8BrFN2O2S/c14-8-3-4-10(9(15)6-8)18-7-12-16-13(19-17-12)11-2-1-5-20-11/h1-6H,7H2. The van der Waals surface area contributed by atoms with Gasteiger partial charge >= 0.3 is 0 Å². The number of ether oxygens (including phenoxy) is 1. The third-order valence-electron chi connectivity index (χ3n) is 2.45. The lowest BCUT2D eigenvalue weighted by Crippen LogP contribution is -1.99. The molecule has 20 heavy (non-hydrogen) atoms. The van der Waals surface area contributed by atoms with E-state index in [9.17, 15) is 4.39 Å². The molecule has 0 bridgehead atoms. The van der Waals surface area contributed by atoms with Gasteiger partial charge in [0.2, 0.25) is 5.82 Å². The average molecular weight is 355 g/mol. The zero-order valence-corrected chi connectivity index (χ0v) is 12.4. The predicted octanol–water partition coefficient (Wildman–Crippen LogP) is 4.28. The zero-order valence-electron chi connectivity index (χ0n) is 10.0. The first-order valence-corrected chi connectivity index (χ1v) is 7.34. The summed E-state index contributed by atoms with van der Waals surface area (Å²) in [4.78, 5) is 5.08. The van der Waals surface area contributed by atoms with Crippen molar-refractivity contribution < 1.29 is 13.7 Å². The first kappa shape index (κ1) is 13.3. The molecule has 1 aromatic carbocycles. The highest BCUT2D eigenvalue weighted by molar-refractivity contribution is 9.10. The van der Waals surface area contributed by atoms with Gasteiger partial charge in [-0.25, -0.2) is 4.39 Å². The average Bonchev–Trinajstić information content (AvgIpc) is 3.08. The Morgan fingerprint density at radius 2 is 2.25 bits per heavy atom. The number of aromatic nitrogens is 2.